The molecular weight excluding hydrogens is 446 g/mol. The van der Waals surface area contributed by atoms with Crippen LogP contribution >= 0.6 is 11.8 Å². The first kappa shape index (κ1) is 28.4. The van der Waals surface area contributed by atoms with Crippen LogP contribution in [0.1, 0.15) is 31.2 Å². The molecule has 1 rings (SSSR count). The number of carbonyl (C=O) groups excluding carboxylic acids is 3. The van der Waals surface area contributed by atoms with E-state index in [2.05, 4.69) is 16.0 Å². The number of benzene rings is 1. The fourth-order valence-electron chi connectivity index (χ4n) is 3.04. The van der Waals surface area contributed by atoms with Gasteiger partial charge >= 0.3 is 5.97 Å². The molecule has 33 heavy (non-hydrogen) atoms. The summed E-state index contributed by atoms with van der Waals surface area (Å²) >= 11 is 1.49. The van der Waals surface area contributed by atoms with Crippen LogP contribution in [0.5, 0.6) is 0 Å². The number of amides is 3. The van der Waals surface area contributed by atoms with Gasteiger partial charge in [0.1, 0.15) is 18.6 Å². The molecule has 0 aliphatic heterocycles. The number of aliphatic carboxylic acids is 1. The summed E-state index contributed by atoms with van der Waals surface area (Å²) in [6.45, 7) is -0.0406. The third-order valence-electron chi connectivity index (χ3n) is 4.88. The molecule has 0 saturated heterocycles. The second-order valence-electron chi connectivity index (χ2n) is 7.60. The van der Waals surface area contributed by atoms with Crippen LogP contribution in [0.2, 0.25) is 0 Å². The average molecular weight is 482 g/mol. The van der Waals surface area contributed by atoms with E-state index in [9.17, 15) is 19.2 Å². The van der Waals surface area contributed by atoms with Gasteiger partial charge in [0.25, 0.3) is 0 Å². The van der Waals surface area contributed by atoms with Gasteiger partial charge in [-0.3, -0.25) is 19.2 Å². The van der Waals surface area contributed by atoms with Crippen LogP contribution in [-0.2, 0) is 25.6 Å². The van der Waals surface area contributed by atoms with Gasteiger partial charge in [0, 0.05) is 6.42 Å². The molecule has 0 bridgehead atoms. The maximum atomic E-state index is 13.1. The minimum atomic E-state index is -1.18. The molecule has 0 aromatic heterocycles. The Morgan fingerprint density at radius 1 is 0.970 bits per heavy atom. The van der Waals surface area contributed by atoms with Crippen molar-refractivity contribution in [1.82, 2.24) is 16.0 Å². The minimum absolute atomic E-state index is 0.208. The van der Waals surface area contributed by atoms with Crippen LogP contribution in [0.3, 0.4) is 0 Å². The van der Waals surface area contributed by atoms with Gasteiger partial charge in [-0.2, -0.15) is 11.8 Å². The highest BCUT2D eigenvalue weighted by Gasteiger charge is 2.28. The van der Waals surface area contributed by atoms with E-state index in [0.717, 1.165) is 12.0 Å². The van der Waals surface area contributed by atoms with Crippen molar-refractivity contribution in [2.45, 2.75) is 50.2 Å². The molecule has 10 nitrogen and oxygen atoms in total. The first-order valence-electron chi connectivity index (χ1n) is 10.9. The largest absolute Gasteiger partial charge is 0.480 e. The fourth-order valence-corrected chi connectivity index (χ4v) is 3.51. The quantitative estimate of drug-likeness (QED) is 0.173. The van der Waals surface area contributed by atoms with Gasteiger partial charge < -0.3 is 32.5 Å². The Morgan fingerprint density at radius 2 is 1.64 bits per heavy atom. The molecule has 11 heteroatoms. The number of carbonyl (C=O) groups is 4. The SMILES string of the molecule is CSCCC(NC(=O)C(Cc1ccccc1)NC(=O)C(N)CCCCN)C(=O)NCC(=O)O. The standard InChI is InChI=1S/C22H35N5O5S/c1-33-12-10-17(21(31)25-14-19(28)29)26-22(32)18(13-15-7-3-2-4-8-15)27-20(30)16(24)9-5-6-11-23/h2-4,7-8,16-18H,5-6,9-14,23-24H2,1H3,(H,25,31)(H,26,32)(H,27,30)(H,28,29). The van der Waals surface area contributed by atoms with Crippen molar-refractivity contribution >= 4 is 35.5 Å². The monoisotopic (exact) mass is 481 g/mol. The van der Waals surface area contributed by atoms with Crippen molar-refractivity contribution in [3.63, 3.8) is 0 Å². The summed E-state index contributed by atoms with van der Waals surface area (Å²) in [5.41, 5.74) is 12.3. The van der Waals surface area contributed by atoms with E-state index in [4.69, 9.17) is 16.6 Å². The van der Waals surface area contributed by atoms with Crippen LogP contribution in [-0.4, -0.2) is 72.0 Å². The van der Waals surface area contributed by atoms with E-state index in [-0.39, 0.29) is 6.42 Å². The lowest BCUT2D eigenvalue weighted by Gasteiger charge is -2.24. The molecule has 184 valence electrons. The molecule has 3 atom stereocenters. The topological polar surface area (TPSA) is 177 Å². The Balaban J connectivity index is 2.93. The number of nitrogens with two attached hydrogens (primary N) is 2. The lowest BCUT2D eigenvalue weighted by molar-refractivity contribution is -0.138. The Kier molecular flexibility index (Phi) is 13.8. The summed E-state index contributed by atoms with van der Waals surface area (Å²) in [4.78, 5) is 48.9. The zero-order chi connectivity index (χ0) is 24.6. The molecule has 0 radical (unpaired) electrons. The molecule has 3 unspecified atom stereocenters. The van der Waals surface area contributed by atoms with E-state index in [1.807, 2.05) is 36.6 Å². The van der Waals surface area contributed by atoms with Crippen molar-refractivity contribution in [3.8, 4) is 0 Å². The van der Waals surface area contributed by atoms with Gasteiger partial charge in [-0.15, -0.1) is 0 Å². The second-order valence-corrected chi connectivity index (χ2v) is 8.58. The lowest BCUT2D eigenvalue weighted by Crippen LogP contribution is -2.56. The summed E-state index contributed by atoms with van der Waals surface area (Å²) in [6, 6.07) is 6.49. The number of hydrogen-bond acceptors (Lipinski definition) is 7. The number of carboxylic acid groups (broad SMARTS) is 1. The van der Waals surface area contributed by atoms with Crippen molar-refractivity contribution < 1.29 is 24.3 Å². The summed E-state index contributed by atoms with van der Waals surface area (Å²) in [7, 11) is 0. The third kappa shape index (κ3) is 11.7. The molecule has 0 aliphatic carbocycles. The Hall–Kier alpha value is -2.63. The minimum Gasteiger partial charge on any atom is -0.480 e. The van der Waals surface area contributed by atoms with E-state index < -0.39 is 48.4 Å². The Labute approximate surface area is 198 Å². The molecule has 1 aromatic rings. The average Bonchev–Trinajstić information content (AvgIpc) is 2.80. The summed E-state index contributed by atoms with van der Waals surface area (Å²) in [6.07, 6.45) is 4.26. The number of thioether (sulfide) groups is 1. The molecule has 0 fully saturated rings. The van der Waals surface area contributed by atoms with Gasteiger partial charge in [0.05, 0.1) is 6.04 Å². The predicted molar refractivity (Wildman–Crippen MR) is 129 cm³/mol. The van der Waals surface area contributed by atoms with E-state index in [1.165, 1.54) is 11.8 Å². The van der Waals surface area contributed by atoms with Crippen LogP contribution in [0.25, 0.3) is 0 Å². The van der Waals surface area contributed by atoms with Gasteiger partial charge in [-0.05, 0) is 43.4 Å². The number of rotatable bonds is 16. The normalized spacial score (nSPS) is 13.4. The number of hydrogen-bond donors (Lipinski definition) is 6. The first-order valence-corrected chi connectivity index (χ1v) is 12.3. The van der Waals surface area contributed by atoms with Crippen LogP contribution in [0.4, 0.5) is 0 Å². The fraction of sp³-hybridized carbons (Fsp3) is 0.545. The summed E-state index contributed by atoms with van der Waals surface area (Å²) in [5, 5.41) is 16.5. The van der Waals surface area contributed by atoms with Gasteiger partial charge in [0.15, 0.2) is 0 Å². The second kappa shape index (κ2) is 16.1. The molecule has 1 aromatic carbocycles. The van der Waals surface area contributed by atoms with Crippen molar-refractivity contribution in [3.05, 3.63) is 35.9 Å². The smallest absolute Gasteiger partial charge is 0.322 e. The highest BCUT2D eigenvalue weighted by molar-refractivity contribution is 7.98. The zero-order valence-corrected chi connectivity index (χ0v) is 19.7. The summed E-state index contributed by atoms with van der Waals surface area (Å²) < 4.78 is 0. The van der Waals surface area contributed by atoms with Crippen LogP contribution in [0, 0.1) is 0 Å². The number of nitrogens with one attached hydrogen (secondary N) is 3. The molecule has 0 saturated carbocycles. The van der Waals surface area contributed by atoms with Crippen LogP contribution < -0.4 is 27.4 Å². The van der Waals surface area contributed by atoms with E-state index in [0.29, 0.717) is 31.6 Å². The molecule has 8 N–H and O–H groups in total. The van der Waals surface area contributed by atoms with Gasteiger partial charge in [-0.1, -0.05) is 36.8 Å². The van der Waals surface area contributed by atoms with Crippen LogP contribution in [0.15, 0.2) is 30.3 Å². The first-order chi connectivity index (χ1) is 15.8. The molecule has 0 spiro atoms. The summed E-state index contributed by atoms with van der Waals surface area (Å²) in [5.74, 6) is -2.20. The highest BCUT2D eigenvalue weighted by Crippen LogP contribution is 2.07. The van der Waals surface area contributed by atoms with Gasteiger partial charge in [-0.25, -0.2) is 0 Å². The van der Waals surface area contributed by atoms with E-state index >= 15 is 0 Å². The van der Waals surface area contributed by atoms with Crippen molar-refractivity contribution in [2.75, 3.05) is 25.1 Å². The molecule has 0 heterocycles. The molecule has 3 amide bonds. The van der Waals surface area contributed by atoms with Crippen molar-refractivity contribution in [1.29, 1.82) is 0 Å². The predicted octanol–water partition coefficient (Wildman–Crippen LogP) is -0.391. The maximum Gasteiger partial charge on any atom is 0.322 e. The number of unbranched alkanes of at least 4 members (excludes halogenated alkanes) is 1. The van der Waals surface area contributed by atoms with Gasteiger partial charge in [0.2, 0.25) is 17.7 Å². The Morgan fingerprint density at radius 3 is 2.24 bits per heavy atom. The maximum absolute atomic E-state index is 13.1. The lowest BCUT2D eigenvalue weighted by atomic mass is 10.0. The number of carboxylic acids is 1. The highest BCUT2D eigenvalue weighted by atomic mass is 32.2. The zero-order valence-electron chi connectivity index (χ0n) is 18.9. The van der Waals surface area contributed by atoms with Crippen molar-refractivity contribution in [2.24, 2.45) is 11.5 Å². The molecule has 0 aliphatic rings. The third-order valence-corrected chi connectivity index (χ3v) is 5.52. The Bertz CT molecular complexity index is 765. The molecular formula is C22H35N5O5S. The van der Waals surface area contributed by atoms with E-state index in [1.54, 1.807) is 0 Å².